The maximum atomic E-state index is 8.56. The number of carboxylic acid groups (broad SMARTS) is 2. The van der Waals surface area contributed by atoms with Crippen LogP contribution in [-0.2, 0) is 6.54 Å². The Hall–Kier alpha value is -4.10. The number of hydrogen-bond acceptors (Lipinski definition) is 5. The zero-order chi connectivity index (χ0) is 27.2. The zero-order valence-electron chi connectivity index (χ0n) is 22.2. The largest absolute Gasteiger partial charge is 0.503 e. The third kappa shape index (κ3) is 7.06. The van der Waals surface area contributed by atoms with Gasteiger partial charge in [0, 0.05) is 31.2 Å². The van der Waals surface area contributed by atoms with Gasteiger partial charge in [-0.3, -0.25) is 4.90 Å². The Balaban J connectivity index is 0.000000723. The molecule has 2 fully saturated rings. The topological polar surface area (TPSA) is 98.8 Å². The molecule has 2 aliphatic rings. The van der Waals surface area contributed by atoms with Crippen molar-refractivity contribution in [1.29, 1.82) is 0 Å². The molecule has 202 valence electrons. The molecule has 3 aromatic carbocycles. The lowest BCUT2D eigenvalue weighted by Crippen LogP contribution is -2.38. The molecule has 2 heterocycles. The van der Waals surface area contributed by atoms with Crippen LogP contribution in [0.5, 0.6) is 0 Å². The lowest BCUT2D eigenvalue weighted by Gasteiger charge is -2.32. The number of aromatic nitrogens is 1. The van der Waals surface area contributed by atoms with Gasteiger partial charge in [0.05, 0.1) is 0 Å². The number of benzene rings is 3. The first-order valence-electron chi connectivity index (χ1n) is 13.6. The normalized spacial score (nSPS) is 15.8. The van der Waals surface area contributed by atoms with E-state index in [0.29, 0.717) is 6.04 Å². The van der Waals surface area contributed by atoms with Gasteiger partial charge in [-0.1, -0.05) is 84.0 Å². The highest BCUT2D eigenvalue weighted by atomic mass is 16.6. The van der Waals surface area contributed by atoms with E-state index in [2.05, 4.69) is 94.2 Å². The maximum absolute atomic E-state index is 8.56. The molecule has 6 rings (SSSR count). The second-order valence-corrected chi connectivity index (χ2v) is 10.4. The molecule has 1 aliphatic carbocycles. The quantitative estimate of drug-likeness (QED) is 0.230. The average molecular weight is 526 g/mol. The predicted molar refractivity (Wildman–Crippen MR) is 153 cm³/mol. The average Bonchev–Trinajstić information content (AvgIpc) is 3.74. The lowest BCUT2D eigenvalue weighted by molar-refractivity contribution is 0.137. The molecule has 0 bridgehead atoms. The Morgan fingerprint density at radius 1 is 0.872 bits per heavy atom. The highest BCUT2D eigenvalue weighted by molar-refractivity contribution is 5.76. The minimum atomic E-state index is -1.83. The van der Waals surface area contributed by atoms with Gasteiger partial charge in [-0.05, 0) is 60.8 Å². The summed E-state index contributed by atoms with van der Waals surface area (Å²) in [4.78, 5) is 11.1. The van der Waals surface area contributed by atoms with Gasteiger partial charge in [-0.25, -0.2) is 4.79 Å². The van der Waals surface area contributed by atoms with Gasteiger partial charge in [-0.15, -0.1) is 0 Å². The number of piperidine rings is 1. The first-order chi connectivity index (χ1) is 19.0. The number of anilines is 1. The van der Waals surface area contributed by atoms with Crippen molar-refractivity contribution < 1.29 is 19.5 Å². The van der Waals surface area contributed by atoms with Crippen molar-refractivity contribution >= 4 is 11.8 Å². The van der Waals surface area contributed by atoms with Crippen LogP contribution in [0.2, 0.25) is 0 Å². The lowest BCUT2D eigenvalue weighted by atomic mass is 10.00. The number of likely N-dealkylation sites (tertiary alicyclic amines) is 1. The summed E-state index contributed by atoms with van der Waals surface area (Å²) in [7, 11) is 0. The van der Waals surface area contributed by atoms with Crippen LogP contribution in [-0.4, -0.2) is 45.6 Å². The Bertz CT molecular complexity index is 1350. The van der Waals surface area contributed by atoms with E-state index in [1.54, 1.807) is 0 Å². The highest BCUT2D eigenvalue weighted by Gasteiger charge is 2.24. The van der Waals surface area contributed by atoms with Crippen molar-refractivity contribution in [2.75, 3.05) is 18.4 Å². The Labute approximate surface area is 229 Å². The predicted octanol–water partition coefficient (Wildman–Crippen LogP) is 7.49. The molecule has 0 radical (unpaired) electrons. The highest BCUT2D eigenvalue weighted by Crippen LogP contribution is 2.40. The van der Waals surface area contributed by atoms with Gasteiger partial charge in [0.25, 0.3) is 0 Å². The Morgan fingerprint density at radius 3 is 2.03 bits per heavy atom. The third-order valence-electron chi connectivity index (χ3n) is 7.49. The summed E-state index contributed by atoms with van der Waals surface area (Å²) in [6.07, 6.45) is 3.08. The van der Waals surface area contributed by atoms with Crippen molar-refractivity contribution in [2.24, 2.45) is 0 Å². The van der Waals surface area contributed by atoms with Gasteiger partial charge in [-0.2, -0.15) is 0 Å². The maximum Gasteiger partial charge on any atom is 0.503 e. The van der Waals surface area contributed by atoms with E-state index < -0.39 is 6.16 Å². The van der Waals surface area contributed by atoms with Crippen LogP contribution in [0.3, 0.4) is 0 Å². The van der Waals surface area contributed by atoms with Crippen molar-refractivity contribution in [3.8, 4) is 22.5 Å². The molecule has 0 spiro atoms. The fraction of sp³-hybridized carbons (Fsp3) is 0.312. The molecular weight excluding hydrogens is 490 g/mol. The molecule has 1 saturated carbocycles. The monoisotopic (exact) mass is 525 g/mol. The summed E-state index contributed by atoms with van der Waals surface area (Å²) in [5, 5.41) is 22.0. The fourth-order valence-corrected chi connectivity index (χ4v) is 5.20. The molecule has 7 heteroatoms. The smallest absolute Gasteiger partial charge is 0.450 e. The van der Waals surface area contributed by atoms with Crippen LogP contribution in [0.4, 0.5) is 10.5 Å². The van der Waals surface area contributed by atoms with E-state index >= 15 is 0 Å². The van der Waals surface area contributed by atoms with Crippen molar-refractivity contribution in [3.05, 3.63) is 95.7 Å². The summed E-state index contributed by atoms with van der Waals surface area (Å²) in [6.45, 7) is 5.25. The summed E-state index contributed by atoms with van der Waals surface area (Å²) in [5.41, 5.74) is 8.37. The van der Waals surface area contributed by atoms with Gasteiger partial charge < -0.3 is 20.1 Å². The number of aryl methyl sites for hydroxylation is 1. The minimum absolute atomic E-state index is 0.433. The molecule has 39 heavy (non-hydrogen) atoms. The van der Waals surface area contributed by atoms with E-state index in [0.717, 1.165) is 61.1 Å². The van der Waals surface area contributed by atoms with Crippen molar-refractivity contribution in [1.82, 2.24) is 10.1 Å². The molecule has 3 N–H and O–H groups in total. The summed E-state index contributed by atoms with van der Waals surface area (Å²) >= 11 is 0. The molecule has 1 aromatic heterocycles. The minimum Gasteiger partial charge on any atom is -0.450 e. The molecule has 0 unspecified atom stereocenters. The molecule has 0 atom stereocenters. The van der Waals surface area contributed by atoms with Gasteiger partial charge in [0.15, 0.2) is 5.76 Å². The number of hydrogen-bond donors (Lipinski definition) is 3. The number of carbonyl (C=O) groups is 1. The van der Waals surface area contributed by atoms with E-state index in [1.165, 1.54) is 35.1 Å². The van der Waals surface area contributed by atoms with E-state index in [4.69, 9.17) is 19.5 Å². The number of nitrogens with zero attached hydrogens (tertiary/aromatic N) is 2. The second kappa shape index (κ2) is 12.2. The van der Waals surface area contributed by atoms with E-state index in [9.17, 15) is 0 Å². The summed E-state index contributed by atoms with van der Waals surface area (Å²) in [6, 6.07) is 28.9. The number of nitrogens with one attached hydrogen (secondary N) is 1. The summed E-state index contributed by atoms with van der Waals surface area (Å²) < 4.78 is 5.79. The zero-order valence-corrected chi connectivity index (χ0v) is 22.2. The van der Waals surface area contributed by atoms with E-state index in [1.807, 2.05) is 6.92 Å². The van der Waals surface area contributed by atoms with Crippen LogP contribution in [0.25, 0.3) is 22.5 Å². The first kappa shape index (κ1) is 26.5. The van der Waals surface area contributed by atoms with Gasteiger partial charge >= 0.3 is 6.16 Å². The standard InChI is InChI=1S/C31H33N3O.CH2O3/c1-22-30(32-29-17-19-34(20-18-29)21-23-5-3-2-4-6-23)31(35-33-22)28-15-13-27(14-16-28)26-11-9-25(10-12-26)24-7-8-24;2-1(3)4/h2-6,9-16,24,29,32H,7-8,17-21H2,1H3;(H2,2,3,4). The second-order valence-electron chi connectivity index (χ2n) is 10.4. The van der Waals surface area contributed by atoms with Crippen LogP contribution < -0.4 is 5.32 Å². The number of rotatable bonds is 7. The van der Waals surface area contributed by atoms with E-state index in [-0.39, 0.29) is 0 Å². The fourth-order valence-electron chi connectivity index (χ4n) is 5.20. The molecule has 1 aliphatic heterocycles. The van der Waals surface area contributed by atoms with Crippen LogP contribution in [0, 0.1) is 6.92 Å². The van der Waals surface area contributed by atoms with Crippen molar-refractivity contribution in [3.63, 3.8) is 0 Å². The van der Waals surface area contributed by atoms with Crippen LogP contribution in [0.1, 0.15) is 48.4 Å². The summed E-state index contributed by atoms with van der Waals surface area (Å²) in [5.74, 6) is 1.63. The first-order valence-corrected chi connectivity index (χ1v) is 13.6. The molecule has 4 aromatic rings. The van der Waals surface area contributed by atoms with Crippen LogP contribution >= 0.6 is 0 Å². The molecule has 0 amide bonds. The molecular formula is C32H35N3O4. The molecule has 7 nitrogen and oxygen atoms in total. The Kier molecular flexibility index (Phi) is 8.27. The third-order valence-corrected chi connectivity index (χ3v) is 7.49. The van der Waals surface area contributed by atoms with Crippen molar-refractivity contribution in [2.45, 2.75) is 51.1 Å². The molecule has 1 saturated heterocycles. The Morgan fingerprint density at radius 2 is 1.44 bits per heavy atom. The van der Waals surface area contributed by atoms with Gasteiger partial charge in [0.1, 0.15) is 11.4 Å². The SMILES string of the molecule is Cc1noc(-c2ccc(-c3ccc(C4CC4)cc3)cc2)c1NC1CCN(Cc2ccccc2)CC1.O=C(O)O. The van der Waals surface area contributed by atoms with Gasteiger partial charge in [0.2, 0.25) is 0 Å². The van der Waals surface area contributed by atoms with Crippen LogP contribution in [0.15, 0.2) is 83.4 Å².